The van der Waals surface area contributed by atoms with E-state index in [9.17, 15) is 9.59 Å². The van der Waals surface area contributed by atoms with E-state index in [0.29, 0.717) is 12.8 Å². The van der Waals surface area contributed by atoms with Gasteiger partial charge in [-0.2, -0.15) is 0 Å². The first-order valence-corrected chi connectivity index (χ1v) is 6.48. The van der Waals surface area contributed by atoms with Crippen molar-refractivity contribution < 1.29 is 14.7 Å². The zero-order valence-electron chi connectivity index (χ0n) is 11.0. The van der Waals surface area contributed by atoms with Crippen LogP contribution in [-0.4, -0.2) is 23.0 Å². The fourth-order valence-electron chi connectivity index (χ4n) is 2.62. The molecule has 0 saturated heterocycles. The van der Waals surface area contributed by atoms with Gasteiger partial charge >= 0.3 is 5.97 Å². The summed E-state index contributed by atoms with van der Waals surface area (Å²) >= 11 is 0. The molecule has 4 nitrogen and oxygen atoms in total. The van der Waals surface area contributed by atoms with Gasteiger partial charge in [-0.25, -0.2) is 0 Å². The Morgan fingerprint density at radius 2 is 2.06 bits per heavy atom. The Morgan fingerprint density at radius 1 is 1.44 bits per heavy atom. The smallest absolute Gasteiger partial charge is 0.307 e. The predicted octanol–water partition coefficient (Wildman–Crippen LogP) is 1.65. The first-order valence-electron chi connectivity index (χ1n) is 6.48. The third kappa shape index (κ3) is 3.49. The summed E-state index contributed by atoms with van der Waals surface area (Å²) in [6.45, 7) is 3.97. The molecule has 0 spiro atoms. The van der Waals surface area contributed by atoms with Crippen LogP contribution >= 0.6 is 0 Å². The van der Waals surface area contributed by atoms with Crippen molar-refractivity contribution in [3.8, 4) is 12.3 Å². The van der Waals surface area contributed by atoms with Crippen LogP contribution in [0.2, 0.25) is 0 Å². The zero-order valence-corrected chi connectivity index (χ0v) is 11.0. The number of hydrogen-bond acceptors (Lipinski definition) is 2. The average molecular weight is 251 g/mol. The molecule has 1 fully saturated rings. The second-order valence-corrected chi connectivity index (χ2v) is 5.14. The van der Waals surface area contributed by atoms with Crippen LogP contribution in [0, 0.1) is 30.1 Å². The summed E-state index contributed by atoms with van der Waals surface area (Å²) in [5.74, 6) is 0.712. The number of terminal acetylenes is 1. The van der Waals surface area contributed by atoms with E-state index in [1.165, 1.54) is 0 Å². The van der Waals surface area contributed by atoms with Crippen LogP contribution in [-0.2, 0) is 9.59 Å². The van der Waals surface area contributed by atoms with Crippen LogP contribution in [0.4, 0.5) is 0 Å². The van der Waals surface area contributed by atoms with Gasteiger partial charge in [-0.3, -0.25) is 9.59 Å². The number of carboxylic acids is 1. The first kappa shape index (κ1) is 14.6. The van der Waals surface area contributed by atoms with E-state index in [-0.39, 0.29) is 17.9 Å². The van der Waals surface area contributed by atoms with Gasteiger partial charge in [0, 0.05) is 0 Å². The van der Waals surface area contributed by atoms with E-state index in [2.05, 4.69) is 11.2 Å². The maximum atomic E-state index is 12.1. The van der Waals surface area contributed by atoms with Gasteiger partial charge in [-0.15, -0.1) is 6.42 Å². The van der Waals surface area contributed by atoms with Gasteiger partial charge in [0.05, 0.1) is 17.9 Å². The highest BCUT2D eigenvalue weighted by Gasteiger charge is 2.41. The molecule has 4 atom stereocenters. The number of rotatable bonds is 5. The van der Waals surface area contributed by atoms with Crippen molar-refractivity contribution in [3.63, 3.8) is 0 Å². The predicted molar refractivity (Wildman–Crippen MR) is 68.7 cm³/mol. The lowest BCUT2D eigenvalue weighted by atomic mass is 9.95. The molecule has 1 aliphatic rings. The van der Waals surface area contributed by atoms with Crippen LogP contribution < -0.4 is 5.32 Å². The van der Waals surface area contributed by atoms with Gasteiger partial charge in [-0.05, 0) is 25.2 Å². The Morgan fingerprint density at radius 3 is 2.56 bits per heavy atom. The molecule has 0 radical (unpaired) electrons. The minimum Gasteiger partial charge on any atom is -0.481 e. The molecule has 4 heteroatoms. The number of nitrogens with one attached hydrogen (secondary N) is 1. The summed E-state index contributed by atoms with van der Waals surface area (Å²) in [7, 11) is 0. The Kier molecular flexibility index (Phi) is 5.21. The normalized spacial score (nSPS) is 28.4. The maximum Gasteiger partial charge on any atom is 0.307 e. The Labute approximate surface area is 108 Å². The number of carboxylic acid groups (broad SMARTS) is 1. The lowest BCUT2D eigenvalue weighted by Gasteiger charge is -2.18. The fraction of sp³-hybridized carbons (Fsp3) is 0.714. The Hall–Kier alpha value is -1.50. The van der Waals surface area contributed by atoms with Crippen LogP contribution in [0.1, 0.15) is 39.5 Å². The molecule has 1 aliphatic carbocycles. The molecule has 0 aromatic heterocycles. The van der Waals surface area contributed by atoms with Crippen molar-refractivity contribution in [2.24, 2.45) is 17.8 Å². The van der Waals surface area contributed by atoms with E-state index in [1.54, 1.807) is 0 Å². The third-order valence-corrected chi connectivity index (χ3v) is 3.55. The Balaban J connectivity index is 2.65. The number of aliphatic carboxylic acids is 1. The molecule has 18 heavy (non-hydrogen) atoms. The number of amides is 1. The van der Waals surface area contributed by atoms with Gasteiger partial charge in [0.2, 0.25) is 5.91 Å². The fourth-order valence-corrected chi connectivity index (χ4v) is 2.62. The van der Waals surface area contributed by atoms with Crippen molar-refractivity contribution in [1.82, 2.24) is 5.32 Å². The van der Waals surface area contributed by atoms with Gasteiger partial charge in [0.15, 0.2) is 0 Å². The second-order valence-electron chi connectivity index (χ2n) is 5.14. The summed E-state index contributed by atoms with van der Waals surface area (Å²) in [4.78, 5) is 23.2. The number of hydrogen-bond donors (Lipinski definition) is 2. The highest BCUT2D eigenvalue weighted by molar-refractivity contribution is 5.85. The zero-order chi connectivity index (χ0) is 13.7. The van der Waals surface area contributed by atoms with Crippen LogP contribution in [0.3, 0.4) is 0 Å². The highest BCUT2D eigenvalue weighted by atomic mass is 16.4. The number of carbonyl (C=O) groups is 2. The third-order valence-electron chi connectivity index (χ3n) is 3.55. The van der Waals surface area contributed by atoms with Gasteiger partial charge in [0.1, 0.15) is 0 Å². The molecule has 0 aromatic carbocycles. The molecule has 0 heterocycles. The van der Waals surface area contributed by atoms with Gasteiger partial charge in [-0.1, -0.05) is 26.2 Å². The summed E-state index contributed by atoms with van der Waals surface area (Å²) < 4.78 is 0. The first-order chi connectivity index (χ1) is 8.49. The molecule has 0 aromatic rings. The van der Waals surface area contributed by atoms with E-state index >= 15 is 0 Å². The quantitative estimate of drug-likeness (QED) is 0.730. The standard InChI is InChI=1S/C14H21NO3/c1-4-6-10(5-2)15-13(16)11-7-9(3)8-12(11)14(17)18/h2,9-12H,4,6-8H2,1,3H3,(H,15,16)(H,17,18). The van der Waals surface area contributed by atoms with Crippen LogP contribution in [0.25, 0.3) is 0 Å². The van der Waals surface area contributed by atoms with Crippen molar-refractivity contribution in [2.75, 3.05) is 0 Å². The lowest BCUT2D eigenvalue weighted by molar-refractivity contribution is -0.146. The van der Waals surface area contributed by atoms with E-state index in [0.717, 1.165) is 12.8 Å². The maximum absolute atomic E-state index is 12.1. The van der Waals surface area contributed by atoms with Crippen molar-refractivity contribution in [1.29, 1.82) is 0 Å². The molecule has 1 amide bonds. The molecule has 1 rings (SSSR count). The summed E-state index contributed by atoms with van der Waals surface area (Å²) in [5, 5.41) is 11.9. The van der Waals surface area contributed by atoms with Gasteiger partial charge < -0.3 is 10.4 Å². The SMILES string of the molecule is C#CC(CCC)NC(=O)C1CC(C)CC1C(=O)O. The molecular formula is C14H21NO3. The minimum atomic E-state index is -0.882. The summed E-state index contributed by atoms with van der Waals surface area (Å²) in [6.07, 6.45) is 8.16. The van der Waals surface area contributed by atoms with Crippen molar-refractivity contribution >= 4 is 11.9 Å². The molecule has 1 saturated carbocycles. The lowest BCUT2D eigenvalue weighted by Crippen LogP contribution is -2.40. The van der Waals surface area contributed by atoms with Crippen LogP contribution in [0.15, 0.2) is 0 Å². The monoisotopic (exact) mass is 251 g/mol. The largest absolute Gasteiger partial charge is 0.481 e. The summed E-state index contributed by atoms with van der Waals surface area (Å²) in [5.41, 5.74) is 0. The van der Waals surface area contributed by atoms with Crippen LogP contribution in [0.5, 0.6) is 0 Å². The molecule has 4 unspecified atom stereocenters. The van der Waals surface area contributed by atoms with E-state index in [1.807, 2.05) is 13.8 Å². The van der Waals surface area contributed by atoms with Gasteiger partial charge in [0.25, 0.3) is 0 Å². The van der Waals surface area contributed by atoms with E-state index < -0.39 is 17.8 Å². The molecule has 100 valence electrons. The van der Waals surface area contributed by atoms with Crippen molar-refractivity contribution in [3.05, 3.63) is 0 Å². The second kappa shape index (κ2) is 6.44. The minimum absolute atomic E-state index is 0.205. The topological polar surface area (TPSA) is 66.4 Å². The molecule has 0 aliphatic heterocycles. The van der Waals surface area contributed by atoms with E-state index in [4.69, 9.17) is 11.5 Å². The highest BCUT2D eigenvalue weighted by Crippen LogP contribution is 2.36. The van der Waals surface area contributed by atoms with Crippen molar-refractivity contribution in [2.45, 2.75) is 45.6 Å². The molecule has 2 N–H and O–H groups in total. The Bertz CT molecular complexity index is 359. The average Bonchev–Trinajstić information content (AvgIpc) is 2.71. The molecular weight excluding hydrogens is 230 g/mol. The summed E-state index contributed by atoms with van der Waals surface area (Å²) in [6, 6.07) is -0.284. The molecule has 0 bridgehead atoms. The number of carbonyl (C=O) groups excluding carboxylic acids is 1.